The Morgan fingerprint density at radius 2 is 2.20 bits per heavy atom. The van der Waals surface area contributed by atoms with Gasteiger partial charge in [-0.2, -0.15) is 0 Å². The molecule has 0 saturated heterocycles. The molecular weight excluding hydrogens is 282 g/mol. The van der Waals surface area contributed by atoms with E-state index in [0.29, 0.717) is 18.8 Å². The molecule has 0 atom stereocenters. The summed E-state index contributed by atoms with van der Waals surface area (Å²) in [6, 6.07) is 1.65. The predicted molar refractivity (Wildman–Crippen MR) is 74.3 cm³/mol. The van der Waals surface area contributed by atoms with Crippen molar-refractivity contribution in [2.24, 2.45) is 5.14 Å². The van der Waals surface area contributed by atoms with Crippen molar-refractivity contribution >= 4 is 21.8 Å². The largest absolute Gasteiger partial charge is 0.478 e. The van der Waals surface area contributed by atoms with E-state index < -0.39 is 16.0 Å². The van der Waals surface area contributed by atoms with E-state index >= 15 is 0 Å². The second-order valence-electron chi connectivity index (χ2n) is 4.80. The van der Waals surface area contributed by atoms with Gasteiger partial charge in [-0.1, -0.05) is 0 Å². The van der Waals surface area contributed by atoms with Crippen LogP contribution in [-0.2, 0) is 22.9 Å². The van der Waals surface area contributed by atoms with Crippen molar-refractivity contribution in [2.45, 2.75) is 25.7 Å². The third-order valence-corrected chi connectivity index (χ3v) is 4.04. The average Bonchev–Trinajstić information content (AvgIpc) is 2.79. The van der Waals surface area contributed by atoms with Crippen LogP contribution in [0.4, 0.5) is 5.82 Å². The minimum Gasteiger partial charge on any atom is -0.478 e. The van der Waals surface area contributed by atoms with Crippen LogP contribution >= 0.6 is 0 Å². The number of anilines is 1. The number of primary sulfonamides is 1. The summed E-state index contributed by atoms with van der Waals surface area (Å²) >= 11 is 0. The van der Waals surface area contributed by atoms with Gasteiger partial charge in [0.15, 0.2) is 0 Å². The Morgan fingerprint density at radius 1 is 1.45 bits per heavy atom. The van der Waals surface area contributed by atoms with Crippen LogP contribution in [0.5, 0.6) is 0 Å². The van der Waals surface area contributed by atoms with E-state index in [1.54, 1.807) is 6.07 Å². The van der Waals surface area contributed by atoms with E-state index in [-0.39, 0.29) is 11.3 Å². The first kappa shape index (κ1) is 14.7. The maximum absolute atomic E-state index is 11.2. The van der Waals surface area contributed by atoms with E-state index in [1.807, 2.05) is 0 Å². The molecule has 1 aromatic rings. The number of aryl methyl sites for hydroxylation is 2. The van der Waals surface area contributed by atoms with Gasteiger partial charge >= 0.3 is 5.97 Å². The number of aromatic carboxylic acids is 1. The van der Waals surface area contributed by atoms with Gasteiger partial charge in [-0.3, -0.25) is 0 Å². The predicted octanol–water partition coefficient (Wildman–Crippen LogP) is 0.359. The smallest absolute Gasteiger partial charge is 0.339 e. The Balaban J connectivity index is 2.08. The molecule has 2 rings (SSSR count). The van der Waals surface area contributed by atoms with Crippen LogP contribution in [0.25, 0.3) is 0 Å². The van der Waals surface area contributed by atoms with Crippen LogP contribution in [0.1, 0.15) is 34.5 Å². The monoisotopic (exact) mass is 299 g/mol. The molecule has 1 aliphatic rings. The van der Waals surface area contributed by atoms with Crippen molar-refractivity contribution in [1.29, 1.82) is 0 Å². The van der Waals surface area contributed by atoms with Crippen molar-refractivity contribution in [3.8, 4) is 0 Å². The first-order valence-electron chi connectivity index (χ1n) is 6.37. The summed E-state index contributed by atoms with van der Waals surface area (Å²) in [6.07, 6.45) is 2.99. The van der Waals surface area contributed by atoms with Gasteiger partial charge in [-0.05, 0) is 37.3 Å². The van der Waals surface area contributed by atoms with Gasteiger partial charge in [0.1, 0.15) is 11.4 Å². The molecule has 20 heavy (non-hydrogen) atoms. The lowest BCUT2D eigenvalue weighted by Gasteiger charge is -2.10. The minimum atomic E-state index is -3.49. The zero-order chi connectivity index (χ0) is 14.8. The lowest BCUT2D eigenvalue weighted by Crippen LogP contribution is -2.19. The maximum Gasteiger partial charge on any atom is 0.339 e. The summed E-state index contributed by atoms with van der Waals surface area (Å²) in [7, 11) is -3.49. The van der Waals surface area contributed by atoms with Crippen molar-refractivity contribution in [2.75, 3.05) is 17.6 Å². The van der Waals surface area contributed by atoms with Crippen LogP contribution < -0.4 is 10.5 Å². The van der Waals surface area contributed by atoms with Crippen molar-refractivity contribution in [3.05, 3.63) is 22.9 Å². The van der Waals surface area contributed by atoms with Gasteiger partial charge in [0.25, 0.3) is 0 Å². The first-order valence-corrected chi connectivity index (χ1v) is 8.09. The average molecular weight is 299 g/mol. The molecule has 0 radical (unpaired) electrons. The highest BCUT2D eigenvalue weighted by Crippen LogP contribution is 2.25. The Kier molecular flexibility index (Phi) is 4.24. The Hall–Kier alpha value is -1.67. The van der Waals surface area contributed by atoms with Crippen LogP contribution in [-0.4, -0.2) is 36.8 Å². The van der Waals surface area contributed by atoms with Crippen LogP contribution in [0, 0.1) is 0 Å². The maximum atomic E-state index is 11.2. The summed E-state index contributed by atoms with van der Waals surface area (Å²) in [6.45, 7) is 0.308. The zero-order valence-corrected chi connectivity index (χ0v) is 11.7. The van der Waals surface area contributed by atoms with E-state index in [1.165, 1.54) is 0 Å². The van der Waals surface area contributed by atoms with E-state index in [0.717, 1.165) is 30.5 Å². The van der Waals surface area contributed by atoms with Gasteiger partial charge in [-0.15, -0.1) is 0 Å². The number of nitrogens with zero attached hydrogens (tertiary/aromatic N) is 1. The van der Waals surface area contributed by atoms with E-state index in [4.69, 9.17) is 5.14 Å². The molecule has 0 aromatic carbocycles. The molecule has 0 aliphatic heterocycles. The van der Waals surface area contributed by atoms with Gasteiger partial charge in [0.05, 0.1) is 5.75 Å². The zero-order valence-electron chi connectivity index (χ0n) is 10.9. The number of fused-ring (bicyclic) bond motifs is 1. The number of carboxylic acid groups (broad SMARTS) is 1. The van der Waals surface area contributed by atoms with Crippen molar-refractivity contribution in [3.63, 3.8) is 0 Å². The Bertz CT molecular complexity index is 628. The normalized spacial score (nSPS) is 14.1. The molecule has 8 heteroatoms. The number of carboxylic acids is 1. The summed E-state index contributed by atoms with van der Waals surface area (Å²) in [5.41, 5.74) is 2.03. The first-order chi connectivity index (χ1) is 9.37. The summed E-state index contributed by atoms with van der Waals surface area (Å²) in [5.74, 6) is -0.887. The molecule has 4 N–H and O–H groups in total. The summed E-state index contributed by atoms with van der Waals surface area (Å²) in [5, 5.41) is 17.0. The third kappa shape index (κ3) is 3.67. The highest BCUT2D eigenvalue weighted by atomic mass is 32.2. The molecule has 0 unspecified atom stereocenters. The second-order valence-corrected chi connectivity index (χ2v) is 6.53. The highest BCUT2D eigenvalue weighted by Gasteiger charge is 2.19. The molecule has 1 heterocycles. The number of nitrogens with two attached hydrogens (primary N) is 1. The number of pyridine rings is 1. The fourth-order valence-electron chi connectivity index (χ4n) is 2.25. The number of aromatic nitrogens is 1. The highest BCUT2D eigenvalue weighted by molar-refractivity contribution is 7.89. The molecular formula is C12H17N3O4S. The summed E-state index contributed by atoms with van der Waals surface area (Å²) < 4.78 is 21.6. The number of hydrogen-bond donors (Lipinski definition) is 3. The molecule has 1 aliphatic carbocycles. The standard InChI is InChI=1S/C12H17N3O4S/c13-20(18,19)6-2-5-14-11-9(12(16)17)7-8-3-1-4-10(8)15-11/h7H,1-6H2,(H,14,15)(H,16,17)(H2,13,18,19). The number of sulfonamides is 1. The Labute approximate surface area is 117 Å². The molecule has 0 bridgehead atoms. The fraction of sp³-hybridized carbons (Fsp3) is 0.500. The van der Waals surface area contributed by atoms with Crippen LogP contribution in [0.2, 0.25) is 0 Å². The molecule has 0 fully saturated rings. The van der Waals surface area contributed by atoms with Crippen LogP contribution in [0.15, 0.2) is 6.07 Å². The fourth-order valence-corrected chi connectivity index (χ4v) is 2.80. The molecule has 7 nitrogen and oxygen atoms in total. The number of nitrogens with one attached hydrogen (secondary N) is 1. The van der Waals surface area contributed by atoms with Crippen LogP contribution in [0.3, 0.4) is 0 Å². The topological polar surface area (TPSA) is 122 Å². The van der Waals surface area contributed by atoms with E-state index in [2.05, 4.69) is 10.3 Å². The molecule has 1 aromatic heterocycles. The number of hydrogen-bond acceptors (Lipinski definition) is 5. The molecule has 110 valence electrons. The number of carbonyl (C=O) groups is 1. The van der Waals surface area contributed by atoms with Gasteiger partial charge in [-0.25, -0.2) is 23.3 Å². The second kappa shape index (κ2) is 5.76. The SMILES string of the molecule is NS(=O)(=O)CCCNc1nc2c(cc1C(=O)O)CCC2. The summed E-state index contributed by atoms with van der Waals surface area (Å²) in [4.78, 5) is 15.6. The lowest BCUT2D eigenvalue weighted by molar-refractivity contribution is 0.0697. The quantitative estimate of drug-likeness (QED) is 0.652. The molecule has 0 saturated carbocycles. The van der Waals surface area contributed by atoms with Gasteiger partial charge in [0.2, 0.25) is 10.0 Å². The minimum absolute atomic E-state index is 0.126. The van der Waals surface area contributed by atoms with E-state index in [9.17, 15) is 18.3 Å². The Morgan fingerprint density at radius 3 is 2.85 bits per heavy atom. The molecule has 0 spiro atoms. The third-order valence-electron chi connectivity index (χ3n) is 3.18. The van der Waals surface area contributed by atoms with Gasteiger partial charge < -0.3 is 10.4 Å². The lowest BCUT2D eigenvalue weighted by atomic mass is 10.1. The van der Waals surface area contributed by atoms with Crippen molar-refractivity contribution in [1.82, 2.24) is 4.98 Å². The van der Waals surface area contributed by atoms with Crippen molar-refractivity contribution < 1.29 is 18.3 Å². The molecule has 0 amide bonds. The number of rotatable bonds is 6. The van der Waals surface area contributed by atoms with Gasteiger partial charge in [0, 0.05) is 12.2 Å².